The average Bonchev–Trinajstić information content (AvgIpc) is 0. The van der Waals surface area contributed by atoms with Crippen LogP contribution in [0.2, 0.25) is 0 Å². The van der Waals surface area contributed by atoms with Gasteiger partial charge >= 0.3 is 0 Å². The van der Waals surface area contributed by atoms with Gasteiger partial charge in [0, 0.05) is 21.1 Å². The number of quaternary nitrogens is 2. The first-order valence-corrected chi connectivity index (χ1v) is 0. The van der Waals surface area contributed by atoms with E-state index < -0.39 is 0 Å². The Morgan fingerprint density at radius 1 is 0.500 bits per heavy atom. The van der Waals surface area contributed by atoms with Gasteiger partial charge in [-0.1, -0.05) is 0 Å². The van der Waals surface area contributed by atoms with E-state index in [1.807, 2.05) is 0 Å². The minimum absolute atomic E-state index is 0. The van der Waals surface area contributed by atoms with Gasteiger partial charge in [-0.2, -0.15) is 0 Å². The van der Waals surface area contributed by atoms with Crippen LogP contribution in [0, 0.1) is 0 Å². The molecule has 0 bridgehead atoms. The Hall–Kier alpha value is 0.408. The Labute approximate surface area is 61.4 Å². The van der Waals surface area contributed by atoms with Crippen LogP contribution in [0.4, 0.5) is 0 Å². The van der Waals surface area contributed by atoms with Crippen LogP contribution in [0.15, 0.2) is 0 Å². The van der Waals surface area contributed by atoms with E-state index in [1.165, 1.54) is 0 Å². The van der Waals surface area contributed by atoms with Crippen molar-refractivity contribution < 1.29 is 48.4 Å². The van der Waals surface area contributed by atoms with Gasteiger partial charge in [-0.15, -0.1) is 0 Å². The summed E-state index contributed by atoms with van der Waals surface area (Å²) >= 11 is 0. The molecule has 0 aromatic rings. The number of hydrogen-bond acceptors (Lipinski definition) is 0. The molecular formula is H10N2O5W-6. The Balaban J connectivity index is 0. The van der Waals surface area contributed by atoms with Crippen LogP contribution in [-0.4, -0.2) is 5.48 Å². The Kier molecular flexibility index (Phi) is 631000. The van der Waals surface area contributed by atoms with Crippen molar-refractivity contribution in [3.8, 4) is 0 Å². The Morgan fingerprint density at radius 2 is 0.500 bits per heavy atom. The summed E-state index contributed by atoms with van der Waals surface area (Å²) in [6.07, 6.45) is 0. The molecule has 0 heterocycles. The monoisotopic (exact) mass is 302 g/mol. The van der Waals surface area contributed by atoms with Gasteiger partial charge in [-0.05, 0) is 0 Å². The summed E-state index contributed by atoms with van der Waals surface area (Å²) in [5.74, 6) is 0. The van der Waals surface area contributed by atoms with Crippen molar-refractivity contribution in [2.45, 2.75) is 0 Å². The summed E-state index contributed by atoms with van der Waals surface area (Å²) in [7, 11) is 0. The first-order chi connectivity index (χ1) is 0. The van der Waals surface area contributed by atoms with Crippen molar-refractivity contribution in [3.05, 3.63) is 0 Å². The van der Waals surface area contributed by atoms with Gasteiger partial charge in [0.2, 0.25) is 0 Å². The van der Waals surface area contributed by atoms with Gasteiger partial charge in [0.25, 0.3) is 0 Å². The van der Waals surface area contributed by atoms with Crippen molar-refractivity contribution in [2.75, 3.05) is 0 Å². The molecule has 0 aromatic heterocycles. The molecule has 8 heavy (non-hydrogen) atoms. The van der Waals surface area contributed by atoms with Crippen LogP contribution < -0.4 is 12.3 Å². The van der Waals surface area contributed by atoms with Crippen LogP contribution >= 0.6 is 0 Å². The molecular weight excluding hydrogens is 292 g/mol. The quantitative estimate of drug-likeness (QED) is 0.575. The Morgan fingerprint density at radius 3 is 0.500 bits per heavy atom. The van der Waals surface area contributed by atoms with Crippen LogP contribution in [-0.2, 0) is 43.0 Å². The van der Waals surface area contributed by atoms with Crippen molar-refractivity contribution in [3.63, 3.8) is 0 Å². The molecule has 0 unspecified atom stereocenters. The fourth-order valence-corrected chi connectivity index (χ4v) is 0. The minimum atomic E-state index is 0. The molecule has 0 saturated heterocycles. The van der Waals surface area contributed by atoms with E-state index >= 15 is 0 Å². The minimum Gasteiger partial charge on any atom is -2.00 e. The zero-order valence-electron chi connectivity index (χ0n) is 4.54. The topological polar surface area (TPSA) is 218 Å². The molecule has 0 aromatic carbocycles. The molecule has 0 atom stereocenters. The molecule has 0 aliphatic heterocycles. The van der Waals surface area contributed by atoms with E-state index in [4.69, 9.17) is 0 Å². The fourth-order valence-electron chi connectivity index (χ4n) is 0. The van der Waals surface area contributed by atoms with Gasteiger partial charge < -0.3 is 39.7 Å². The first kappa shape index (κ1) is 2770. The summed E-state index contributed by atoms with van der Waals surface area (Å²) < 4.78 is 0. The second kappa shape index (κ2) is 1820. The molecule has 10 N–H and O–H groups in total. The van der Waals surface area contributed by atoms with Gasteiger partial charge in [-0.3, -0.25) is 0 Å². The zero-order valence-corrected chi connectivity index (χ0v) is 7.47. The van der Waals surface area contributed by atoms with Crippen molar-refractivity contribution in [1.29, 1.82) is 0 Å². The predicted molar refractivity (Wildman–Crippen MR) is 18.3 cm³/mol. The van der Waals surface area contributed by atoms with E-state index in [0.29, 0.717) is 0 Å². The van der Waals surface area contributed by atoms with E-state index in [9.17, 15) is 0 Å². The van der Waals surface area contributed by atoms with Crippen LogP contribution in [0.5, 0.6) is 0 Å². The fraction of sp³-hybridized carbons (Fsp3) is 0. The molecule has 0 amide bonds. The molecule has 0 aliphatic rings. The molecule has 0 spiro atoms. The number of rotatable bonds is 0. The summed E-state index contributed by atoms with van der Waals surface area (Å²) in [5, 5.41) is 0. The molecule has 0 rings (SSSR count). The van der Waals surface area contributed by atoms with Crippen LogP contribution in [0.25, 0.3) is 0 Å². The van der Waals surface area contributed by atoms with Crippen LogP contribution in [0.1, 0.15) is 0 Å². The van der Waals surface area contributed by atoms with Gasteiger partial charge in [0.15, 0.2) is 0 Å². The number of hydrogen-bond donors (Lipinski definition) is 2. The second-order valence-corrected chi connectivity index (χ2v) is 0. The standard InChI is InChI=1S/2H3N.H2O.4O.W/h2*1H3;1H2;;;;;/q;;;4*-2;/p+2. The van der Waals surface area contributed by atoms with Gasteiger partial charge in [0.1, 0.15) is 0 Å². The normalized spacial score (nSPS) is 0. The third-order valence-electron chi connectivity index (χ3n) is 0. The zero-order chi connectivity index (χ0) is 0. The molecule has 62 valence electrons. The molecule has 0 saturated carbocycles. The second-order valence-electron chi connectivity index (χ2n) is 0. The van der Waals surface area contributed by atoms with E-state index in [1.54, 1.807) is 0 Å². The third-order valence-corrected chi connectivity index (χ3v) is 0. The SMILES string of the molecule is O.[NH4+].[NH4+].[O-2].[O-2].[O-2].[O-2].[W]. The van der Waals surface area contributed by atoms with E-state index in [-0.39, 0.29) is 60.7 Å². The van der Waals surface area contributed by atoms with Crippen LogP contribution in [0.3, 0.4) is 0 Å². The van der Waals surface area contributed by atoms with E-state index in [0.717, 1.165) is 0 Å². The smallest absolute Gasteiger partial charge is 0 e. The van der Waals surface area contributed by atoms with Crippen molar-refractivity contribution in [2.24, 2.45) is 0 Å². The largest absolute Gasteiger partial charge is 2.00 e. The molecule has 0 radical (unpaired) electrons. The average molecular weight is 302 g/mol. The summed E-state index contributed by atoms with van der Waals surface area (Å²) in [6.45, 7) is 0. The van der Waals surface area contributed by atoms with Gasteiger partial charge in [-0.25, -0.2) is 0 Å². The maximum absolute atomic E-state index is 0. The maximum Gasteiger partial charge on any atom is 0 e. The summed E-state index contributed by atoms with van der Waals surface area (Å²) in [6, 6.07) is 0. The Bertz CT molecular complexity index is 10.4. The molecule has 0 aliphatic carbocycles. The summed E-state index contributed by atoms with van der Waals surface area (Å²) in [4.78, 5) is 0. The molecule has 8 heteroatoms. The predicted octanol–water partition coefficient (Wildman–Crippen LogP) is -0.550. The van der Waals surface area contributed by atoms with Crippen molar-refractivity contribution >= 4 is 0 Å². The maximum atomic E-state index is 0. The molecule has 0 fully saturated rings. The summed E-state index contributed by atoms with van der Waals surface area (Å²) in [5.41, 5.74) is 0. The first-order valence-electron chi connectivity index (χ1n) is 0. The molecule has 7 nitrogen and oxygen atoms in total. The van der Waals surface area contributed by atoms with Gasteiger partial charge in [0.05, 0.1) is 0 Å². The van der Waals surface area contributed by atoms with Crippen molar-refractivity contribution in [1.82, 2.24) is 12.3 Å². The van der Waals surface area contributed by atoms with E-state index in [2.05, 4.69) is 0 Å². The third kappa shape index (κ3) is 1120.